The topological polar surface area (TPSA) is 64.4 Å². The molecule has 1 aromatic rings. The van der Waals surface area contributed by atoms with Crippen molar-refractivity contribution in [1.29, 1.82) is 0 Å². The predicted octanol–water partition coefficient (Wildman–Crippen LogP) is 2.29. The molecule has 0 fully saturated rings. The Kier molecular flexibility index (Phi) is 6.50. The molecular weight excluding hydrogens is 273 g/mol. The summed E-state index contributed by atoms with van der Waals surface area (Å²) in [6.07, 6.45) is -4.77. The molecule has 0 saturated carbocycles. The number of halogens is 4. The molecule has 0 atom stereocenters. The molecule has 1 aromatic carbocycles. The molecule has 3 N–H and O–H groups in total. The van der Waals surface area contributed by atoms with E-state index >= 15 is 0 Å². The molecule has 1 amide bonds. The summed E-state index contributed by atoms with van der Waals surface area (Å²) in [5, 5.41) is 2.29. The Bertz CT molecular complexity index is 399. The fraction of sp³-hybridized carbons (Fsp3) is 0.300. The van der Waals surface area contributed by atoms with E-state index < -0.39 is 18.0 Å². The summed E-state index contributed by atoms with van der Waals surface area (Å²) >= 11 is 0. The zero-order valence-electron chi connectivity index (χ0n) is 9.16. The molecule has 0 heterocycles. The molecule has 8 heteroatoms. The van der Waals surface area contributed by atoms with Gasteiger partial charge in [0.25, 0.3) is 0 Å². The van der Waals surface area contributed by atoms with E-state index in [2.05, 4.69) is 10.1 Å². The van der Waals surface area contributed by atoms with Crippen LogP contribution in [0.1, 0.15) is 6.42 Å². The van der Waals surface area contributed by atoms with Crippen LogP contribution in [0.2, 0.25) is 0 Å². The van der Waals surface area contributed by atoms with E-state index in [1.165, 1.54) is 18.2 Å². The van der Waals surface area contributed by atoms with Gasteiger partial charge in [0.15, 0.2) is 5.75 Å². The number of hydrogen-bond donors (Lipinski definition) is 2. The fourth-order valence-corrected chi connectivity index (χ4v) is 1.13. The summed E-state index contributed by atoms with van der Waals surface area (Å²) in [7, 11) is 0. The first-order chi connectivity index (χ1) is 7.92. The number of amides is 1. The Balaban J connectivity index is 0.00000289. The van der Waals surface area contributed by atoms with Gasteiger partial charge in [-0.05, 0) is 12.1 Å². The first-order valence-electron chi connectivity index (χ1n) is 4.77. The van der Waals surface area contributed by atoms with Gasteiger partial charge in [-0.2, -0.15) is 0 Å². The Morgan fingerprint density at radius 2 is 1.94 bits per heavy atom. The second kappa shape index (κ2) is 7.07. The molecule has 0 aliphatic carbocycles. The summed E-state index contributed by atoms with van der Waals surface area (Å²) in [4.78, 5) is 11.2. The average molecular weight is 285 g/mol. The number of ether oxygens (including phenoxy) is 1. The molecule has 0 aliphatic heterocycles. The van der Waals surface area contributed by atoms with Crippen LogP contribution < -0.4 is 15.8 Å². The van der Waals surface area contributed by atoms with Gasteiger partial charge in [-0.15, -0.1) is 25.6 Å². The number of para-hydroxylation sites is 2. The first-order valence-corrected chi connectivity index (χ1v) is 4.77. The zero-order chi connectivity index (χ0) is 12.9. The number of anilines is 1. The summed E-state index contributed by atoms with van der Waals surface area (Å²) < 4.78 is 39.9. The molecular formula is C10H12ClF3N2O2. The van der Waals surface area contributed by atoms with E-state index in [0.29, 0.717) is 0 Å². The highest BCUT2D eigenvalue weighted by molar-refractivity contribution is 5.92. The lowest BCUT2D eigenvalue weighted by molar-refractivity contribution is -0.274. The number of carbonyl (C=O) groups is 1. The van der Waals surface area contributed by atoms with Crippen LogP contribution in [0.4, 0.5) is 18.9 Å². The molecule has 0 radical (unpaired) electrons. The van der Waals surface area contributed by atoms with Crippen molar-refractivity contribution in [3.63, 3.8) is 0 Å². The lowest BCUT2D eigenvalue weighted by atomic mass is 10.3. The third kappa shape index (κ3) is 5.74. The smallest absolute Gasteiger partial charge is 0.404 e. The van der Waals surface area contributed by atoms with Crippen molar-refractivity contribution < 1.29 is 22.7 Å². The first kappa shape index (κ1) is 16.5. The third-order valence-electron chi connectivity index (χ3n) is 1.76. The summed E-state index contributed by atoms with van der Waals surface area (Å²) in [6, 6.07) is 5.29. The maximum Gasteiger partial charge on any atom is 0.573 e. The van der Waals surface area contributed by atoms with Gasteiger partial charge in [0.2, 0.25) is 5.91 Å². The van der Waals surface area contributed by atoms with Crippen LogP contribution in [0.3, 0.4) is 0 Å². The summed E-state index contributed by atoms with van der Waals surface area (Å²) in [5.74, 6) is -0.920. The van der Waals surface area contributed by atoms with Crippen molar-refractivity contribution in [2.45, 2.75) is 12.8 Å². The average Bonchev–Trinajstić information content (AvgIpc) is 2.19. The number of hydrogen-bond acceptors (Lipinski definition) is 3. The zero-order valence-corrected chi connectivity index (χ0v) is 9.98. The molecule has 1 rings (SSSR count). The predicted molar refractivity (Wildman–Crippen MR) is 62.7 cm³/mol. The number of rotatable bonds is 4. The van der Waals surface area contributed by atoms with E-state index in [0.717, 1.165) is 6.07 Å². The van der Waals surface area contributed by atoms with Crippen LogP contribution >= 0.6 is 12.4 Å². The highest BCUT2D eigenvalue weighted by Crippen LogP contribution is 2.29. The standard InChI is InChI=1S/C10H11F3N2O2.ClH/c11-10(12,13)17-8-4-2-1-3-7(8)15-9(16)5-6-14;/h1-4H,5-6,14H2,(H,15,16);1H. The van der Waals surface area contributed by atoms with Crippen LogP contribution in [0.5, 0.6) is 5.75 Å². The van der Waals surface area contributed by atoms with E-state index in [1.54, 1.807) is 0 Å². The Morgan fingerprint density at radius 3 is 2.50 bits per heavy atom. The molecule has 0 bridgehead atoms. The van der Waals surface area contributed by atoms with Gasteiger partial charge in [-0.3, -0.25) is 4.79 Å². The van der Waals surface area contributed by atoms with Crippen LogP contribution in [0, 0.1) is 0 Å². The van der Waals surface area contributed by atoms with Crippen LogP contribution in [-0.4, -0.2) is 18.8 Å². The van der Waals surface area contributed by atoms with Gasteiger partial charge < -0.3 is 15.8 Å². The van der Waals surface area contributed by atoms with Gasteiger partial charge in [0.05, 0.1) is 5.69 Å². The third-order valence-corrected chi connectivity index (χ3v) is 1.76. The fourth-order valence-electron chi connectivity index (χ4n) is 1.13. The van der Waals surface area contributed by atoms with E-state index in [-0.39, 0.29) is 31.1 Å². The van der Waals surface area contributed by atoms with Gasteiger partial charge in [0, 0.05) is 13.0 Å². The Morgan fingerprint density at radius 1 is 1.33 bits per heavy atom. The molecule has 18 heavy (non-hydrogen) atoms. The Hall–Kier alpha value is -1.47. The minimum atomic E-state index is -4.80. The highest BCUT2D eigenvalue weighted by atomic mass is 35.5. The summed E-state index contributed by atoms with van der Waals surface area (Å²) in [5.41, 5.74) is 5.11. The van der Waals surface area contributed by atoms with Crippen LogP contribution in [-0.2, 0) is 4.79 Å². The van der Waals surface area contributed by atoms with E-state index in [4.69, 9.17) is 5.73 Å². The lowest BCUT2D eigenvalue weighted by Crippen LogP contribution is -2.20. The highest BCUT2D eigenvalue weighted by Gasteiger charge is 2.32. The lowest BCUT2D eigenvalue weighted by Gasteiger charge is -2.13. The van der Waals surface area contributed by atoms with Crippen molar-refractivity contribution in [2.75, 3.05) is 11.9 Å². The SMILES string of the molecule is Cl.NCCC(=O)Nc1ccccc1OC(F)(F)F. The van der Waals surface area contributed by atoms with Crippen molar-refractivity contribution in [3.8, 4) is 5.75 Å². The van der Waals surface area contributed by atoms with Crippen LogP contribution in [0.15, 0.2) is 24.3 Å². The van der Waals surface area contributed by atoms with Crippen molar-refractivity contribution in [3.05, 3.63) is 24.3 Å². The molecule has 0 aromatic heterocycles. The minimum Gasteiger partial charge on any atom is -0.404 e. The van der Waals surface area contributed by atoms with Crippen molar-refractivity contribution in [2.24, 2.45) is 5.73 Å². The number of nitrogens with one attached hydrogen (secondary N) is 1. The maximum atomic E-state index is 12.1. The van der Waals surface area contributed by atoms with Gasteiger partial charge in [-0.1, -0.05) is 12.1 Å². The largest absolute Gasteiger partial charge is 0.573 e. The van der Waals surface area contributed by atoms with E-state index in [1.807, 2.05) is 0 Å². The summed E-state index contributed by atoms with van der Waals surface area (Å²) in [6.45, 7) is 0.119. The van der Waals surface area contributed by atoms with Gasteiger partial charge in [0.1, 0.15) is 0 Å². The number of carbonyl (C=O) groups excluding carboxylic acids is 1. The van der Waals surface area contributed by atoms with Crippen molar-refractivity contribution >= 4 is 24.0 Å². The van der Waals surface area contributed by atoms with Crippen molar-refractivity contribution in [1.82, 2.24) is 0 Å². The molecule has 0 aliphatic rings. The molecule has 0 saturated heterocycles. The molecule has 4 nitrogen and oxygen atoms in total. The minimum absolute atomic E-state index is 0. The normalized spacial score (nSPS) is 10.4. The molecule has 102 valence electrons. The number of benzene rings is 1. The number of nitrogens with two attached hydrogens (primary N) is 1. The quantitative estimate of drug-likeness (QED) is 0.891. The maximum absolute atomic E-state index is 12.1. The Labute approximate surface area is 108 Å². The monoisotopic (exact) mass is 284 g/mol. The second-order valence-corrected chi connectivity index (χ2v) is 3.13. The number of alkyl halides is 3. The van der Waals surface area contributed by atoms with Gasteiger partial charge in [-0.25, -0.2) is 0 Å². The van der Waals surface area contributed by atoms with E-state index in [9.17, 15) is 18.0 Å². The molecule has 0 spiro atoms. The molecule has 0 unspecified atom stereocenters. The second-order valence-electron chi connectivity index (χ2n) is 3.13. The van der Waals surface area contributed by atoms with Gasteiger partial charge >= 0.3 is 6.36 Å². The van der Waals surface area contributed by atoms with Crippen LogP contribution in [0.25, 0.3) is 0 Å².